The molecule has 0 unspecified atom stereocenters. The van der Waals surface area contributed by atoms with E-state index in [4.69, 9.17) is 14.2 Å². The lowest BCUT2D eigenvalue weighted by atomic mass is 10.1. The van der Waals surface area contributed by atoms with Gasteiger partial charge in [-0.15, -0.1) is 0 Å². The number of aromatic nitrogens is 2. The van der Waals surface area contributed by atoms with Gasteiger partial charge in [-0.3, -0.25) is 0 Å². The Hall–Kier alpha value is -2.50. The Morgan fingerprint density at radius 2 is 1.55 bits per heavy atom. The summed E-state index contributed by atoms with van der Waals surface area (Å²) < 4.78 is 16.1. The number of aryl methyl sites for hydroxylation is 2. The number of ether oxygens (including phenoxy) is 3. The zero-order chi connectivity index (χ0) is 16.1. The van der Waals surface area contributed by atoms with Crippen LogP contribution in [0.2, 0.25) is 0 Å². The number of anilines is 1. The molecule has 0 saturated carbocycles. The smallest absolute Gasteiger partial charge is 0.131 e. The molecule has 0 amide bonds. The molecule has 0 aliphatic rings. The first-order valence-corrected chi connectivity index (χ1v) is 6.92. The molecule has 0 aliphatic carbocycles. The molecule has 0 spiro atoms. The Bertz CT molecular complexity index is 614. The highest BCUT2D eigenvalue weighted by Gasteiger charge is 2.13. The summed E-state index contributed by atoms with van der Waals surface area (Å²) in [5.74, 6) is 3.59. The molecule has 1 heterocycles. The molecule has 0 radical (unpaired) electrons. The maximum Gasteiger partial charge on any atom is 0.131 e. The van der Waals surface area contributed by atoms with Crippen LogP contribution in [0.1, 0.15) is 17.1 Å². The number of nitrogens with zero attached hydrogens (tertiary/aromatic N) is 2. The second-order valence-electron chi connectivity index (χ2n) is 4.81. The van der Waals surface area contributed by atoms with Gasteiger partial charge in [0, 0.05) is 30.4 Å². The molecule has 2 rings (SSSR count). The van der Waals surface area contributed by atoms with Gasteiger partial charge in [-0.25, -0.2) is 9.97 Å². The van der Waals surface area contributed by atoms with Gasteiger partial charge < -0.3 is 19.5 Å². The van der Waals surface area contributed by atoms with Crippen LogP contribution in [-0.4, -0.2) is 31.3 Å². The third-order valence-corrected chi connectivity index (χ3v) is 3.23. The normalized spacial score (nSPS) is 10.2. The number of hydrogen-bond donors (Lipinski definition) is 1. The van der Waals surface area contributed by atoms with Gasteiger partial charge in [0.15, 0.2) is 0 Å². The molecule has 0 bridgehead atoms. The zero-order valence-corrected chi connectivity index (χ0v) is 13.6. The second-order valence-corrected chi connectivity index (χ2v) is 4.81. The van der Waals surface area contributed by atoms with Crippen LogP contribution >= 0.6 is 0 Å². The predicted octanol–water partition coefficient (Wildman–Crippen LogP) is 2.73. The van der Waals surface area contributed by atoms with Gasteiger partial charge in [0.25, 0.3) is 0 Å². The molecular weight excluding hydrogens is 282 g/mol. The molecule has 0 aliphatic heterocycles. The Labute approximate surface area is 130 Å². The van der Waals surface area contributed by atoms with Gasteiger partial charge in [-0.1, -0.05) is 0 Å². The Morgan fingerprint density at radius 1 is 0.909 bits per heavy atom. The van der Waals surface area contributed by atoms with Crippen LogP contribution in [0.5, 0.6) is 17.2 Å². The summed E-state index contributed by atoms with van der Waals surface area (Å²) in [6.07, 6.45) is 0. The molecule has 2 aromatic rings. The van der Waals surface area contributed by atoms with Crippen molar-refractivity contribution in [1.82, 2.24) is 9.97 Å². The summed E-state index contributed by atoms with van der Waals surface area (Å²) in [5.41, 5.74) is 1.82. The number of methoxy groups -OCH3 is 3. The van der Waals surface area contributed by atoms with Crippen LogP contribution in [-0.2, 0) is 6.54 Å². The first kappa shape index (κ1) is 15.9. The van der Waals surface area contributed by atoms with E-state index in [9.17, 15) is 0 Å². The van der Waals surface area contributed by atoms with Crippen LogP contribution in [0.4, 0.5) is 5.82 Å². The van der Waals surface area contributed by atoms with E-state index in [0.29, 0.717) is 23.8 Å². The first-order chi connectivity index (χ1) is 10.6. The maximum absolute atomic E-state index is 5.43. The van der Waals surface area contributed by atoms with Crippen molar-refractivity contribution in [1.29, 1.82) is 0 Å². The van der Waals surface area contributed by atoms with Gasteiger partial charge >= 0.3 is 0 Å². The highest BCUT2D eigenvalue weighted by atomic mass is 16.5. The summed E-state index contributed by atoms with van der Waals surface area (Å²) >= 11 is 0. The summed E-state index contributed by atoms with van der Waals surface area (Å²) in [4.78, 5) is 8.63. The van der Waals surface area contributed by atoms with Crippen LogP contribution in [0, 0.1) is 13.8 Å². The van der Waals surface area contributed by atoms with Gasteiger partial charge in [0.2, 0.25) is 0 Å². The topological polar surface area (TPSA) is 65.5 Å². The van der Waals surface area contributed by atoms with Crippen molar-refractivity contribution in [2.24, 2.45) is 0 Å². The van der Waals surface area contributed by atoms with Crippen molar-refractivity contribution in [3.05, 3.63) is 35.3 Å². The molecule has 1 aromatic heterocycles. The molecule has 0 saturated heterocycles. The largest absolute Gasteiger partial charge is 0.496 e. The molecule has 6 heteroatoms. The average Bonchev–Trinajstić information content (AvgIpc) is 2.51. The fourth-order valence-electron chi connectivity index (χ4n) is 2.24. The van der Waals surface area contributed by atoms with Crippen molar-refractivity contribution < 1.29 is 14.2 Å². The predicted molar refractivity (Wildman–Crippen MR) is 84.9 cm³/mol. The van der Waals surface area contributed by atoms with E-state index >= 15 is 0 Å². The summed E-state index contributed by atoms with van der Waals surface area (Å²) in [6.45, 7) is 4.33. The number of nitrogens with one attached hydrogen (secondary N) is 1. The Balaban J connectivity index is 2.28. The molecule has 0 atom stereocenters. The van der Waals surface area contributed by atoms with Crippen molar-refractivity contribution in [2.75, 3.05) is 26.6 Å². The van der Waals surface area contributed by atoms with Gasteiger partial charge in [-0.05, 0) is 13.8 Å². The standard InChI is InChI=1S/C16H21N3O3/c1-10-6-16(19-11(2)18-10)17-9-13-14(21-4)7-12(20-3)8-15(13)22-5/h6-8H,9H2,1-5H3,(H,17,18,19). The lowest BCUT2D eigenvalue weighted by Crippen LogP contribution is -2.07. The zero-order valence-electron chi connectivity index (χ0n) is 13.6. The molecule has 0 fully saturated rings. The minimum absolute atomic E-state index is 0.520. The minimum Gasteiger partial charge on any atom is -0.496 e. The quantitative estimate of drug-likeness (QED) is 0.885. The fraction of sp³-hybridized carbons (Fsp3) is 0.375. The van der Waals surface area contributed by atoms with Crippen LogP contribution < -0.4 is 19.5 Å². The van der Waals surface area contributed by atoms with Crippen LogP contribution in [0.3, 0.4) is 0 Å². The monoisotopic (exact) mass is 303 g/mol. The molecule has 6 nitrogen and oxygen atoms in total. The van der Waals surface area contributed by atoms with E-state index in [-0.39, 0.29) is 0 Å². The van der Waals surface area contributed by atoms with Crippen LogP contribution in [0.15, 0.2) is 18.2 Å². The first-order valence-electron chi connectivity index (χ1n) is 6.92. The van der Waals surface area contributed by atoms with Crippen LogP contribution in [0.25, 0.3) is 0 Å². The van der Waals surface area contributed by atoms with E-state index in [0.717, 1.165) is 22.9 Å². The van der Waals surface area contributed by atoms with Gasteiger partial charge in [-0.2, -0.15) is 0 Å². The van der Waals surface area contributed by atoms with Crippen molar-refractivity contribution in [3.8, 4) is 17.2 Å². The molecule has 118 valence electrons. The highest BCUT2D eigenvalue weighted by molar-refractivity contribution is 5.52. The molecule has 1 aromatic carbocycles. The second kappa shape index (κ2) is 6.98. The van der Waals surface area contributed by atoms with Crippen molar-refractivity contribution in [3.63, 3.8) is 0 Å². The lowest BCUT2D eigenvalue weighted by molar-refractivity contribution is 0.369. The third-order valence-electron chi connectivity index (χ3n) is 3.23. The maximum atomic E-state index is 5.43. The number of benzene rings is 1. The van der Waals surface area contributed by atoms with Crippen molar-refractivity contribution in [2.45, 2.75) is 20.4 Å². The fourth-order valence-corrected chi connectivity index (χ4v) is 2.24. The van der Waals surface area contributed by atoms with E-state index in [1.54, 1.807) is 21.3 Å². The minimum atomic E-state index is 0.520. The third kappa shape index (κ3) is 3.58. The Morgan fingerprint density at radius 3 is 2.05 bits per heavy atom. The lowest BCUT2D eigenvalue weighted by Gasteiger charge is -2.16. The van der Waals surface area contributed by atoms with E-state index in [2.05, 4.69) is 15.3 Å². The molecular formula is C16H21N3O3. The van der Waals surface area contributed by atoms with Crippen molar-refractivity contribution >= 4 is 5.82 Å². The van der Waals surface area contributed by atoms with E-state index < -0.39 is 0 Å². The van der Waals surface area contributed by atoms with Gasteiger partial charge in [0.1, 0.15) is 28.9 Å². The number of rotatable bonds is 6. The average molecular weight is 303 g/mol. The molecule has 22 heavy (non-hydrogen) atoms. The highest BCUT2D eigenvalue weighted by Crippen LogP contribution is 2.34. The van der Waals surface area contributed by atoms with E-state index in [1.807, 2.05) is 32.0 Å². The summed E-state index contributed by atoms with van der Waals surface area (Å²) in [6, 6.07) is 5.56. The SMILES string of the molecule is COc1cc(OC)c(CNc2cc(C)nc(C)n2)c(OC)c1. The molecule has 1 N–H and O–H groups in total. The Kier molecular flexibility index (Phi) is 5.04. The number of hydrogen-bond acceptors (Lipinski definition) is 6. The summed E-state index contributed by atoms with van der Waals surface area (Å²) in [7, 11) is 4.85. The summed E-state index contributed by atoms with van der Waals surface area (Å²) in [5, 5.41) is 3.28. The van der Waals surface area contributed by atoms with E-state index in [1.165, 1.54) is 0 Å². The van der Waals surface area contributed by atoms with Gasteiger partial charge in [0.05, 0.1) is 26.9 Å².